The predicted molar refractivity (Wildman–Crippen MR) is 124 cm³/mol. The first-order valence-electron chi connectivity index (χ1n) is 11.0. The lowest BCUT2D eigenvalue weighted by atomic mass is 9.84. The lowest BCUT2D eigenvalue weighted by Crippen LogP contribution is -2.52. The van der Waals surface area contributed by atoms with Crippen molar-refractivity contribution in [2.24, 2.45) is 0 Å². The number of hydrogen-bond acceptors (Lipinski definition) is 5. The molecule has 2 aromatic rings. The number of anilines is 1. The number of ether oxygens (including phenoxy) is 1. The van der Waals surface area contributed by atoms with E-state index in [1.54, 1.807) is 36.3 Å². The third-order valence-corrected chi connectivity index (χ3v) is 6.70. The number of amides is 3. The fraction of sp³-hybridized carbons (Fsp3) is 0.417. The molecule has 33 heavy (non-hydrogen) atoms. The van der Waals surface area contributed by atoms with Crippen LogP contribution in [-0.4, -0.2) is 70.8 Å². The molecule has 0 unspecified atom stereocenters. The van der Waals surface area contributed by atoms with Crippen molar-refractivity contribution in [3.63, 3.8) is 0 Å². The summed E-state index contributed by atoms with van der Waals surface area (Å²) >= 11 is 5.89. The first-order valence-corrected chi connectivity index (χ1v) is 11.3. The zero-order chi connectivity index (χ0) is 23.6. The van der Waals surface area contributed by atoms with Crippen LogP contribution in [0.4, 0.5) is 10.5 Å². The molecule has 2 aliphatic rings. The number of nitrogens with one attached hydrogen (secondary N) is 1. The van der Waals surface area contributed by atoms with Crippen molar-refractivity contribution < 1.29 is 24.5 Å². The van der Waals surface area contributed by atoms with Gasteiger partial charge in [0.25, 0.3) is 0 Å². The van der Waals surface area contributed by atoms with Gasteiger partial charge in [-0.1, -0.05) is 23.7 Å². The number of methoxy groups -OCH3 is 1. The van der Waals surface area contributed by atoms with E-state index in [2.05, 4.69) is 5.32 Å². The molecule has 2 atom stereocenters. The average Bonchev–Trinajstić information content (AvgIpc) is 3.22. The van der Waals surface area contributed by atoms with Crippen LogP contribution in [0.2, 0.25) is 5.02 Å². The summed E-state index contributed by atoms with van der Waals surface area (Å²) in [6.07, 6.45) is 0.191. The number of aliphatic hydroxyl groups excluding tert-OH is 1. The second kappa shape index (κ2) is 9.59. The number of nitrogens with zero attached hydrogens (tertiary/aromatic N) is 2. The van der Waals surface area contributed by atoms with Gasteiger partial charge in [-0.05, 0) is 54.8 Å². The van der Waals surface area contributed by atoms with Gasteiger partial charge in [-0.2, -0.15) is 0 Å². The van der Waals surface area contributed by atoms with Crippen LogP contribution < -0.4 is 10.1 Å². The number of carbonyl (C=O) groups excluding carboxylic acids is 2. The Morgan fingerprint density at radius 3 is 2.33 bits per heavy atom. The number of β-amino-alcohol motifs (C(OH)–C–C–N with tert-alkyl or cyclic N) is 1. The number of halogens is 1. The van der Waals surface area contributed by atoms with Gasteiger partial charge in [0.05, 0.1) is 18.8 Å². The van der Waals surface area contributed by atoms with Crippen molar-refractivity contribution in [1.82, 2.24) is 9.80 Å². The van der Waals surface area contributed by atoms with E-state index in [1.165, 1.54) is 4.90 Å². The van der Waals surface area contributed by atoms with E-state index in [9.17, 15) is 19.8 Å². The standard InChI is InChI=1S/C24H28ClN3O5/c1-33-20-8-2-16(3-9-20)24(32)10-12-27(13-11-24)22(30)21-14-19(29)15-28(21)23(31)26-18-6-4-17(25)5-7-18/h2-9,19,21,29,32H,10-15H2,1H3,(H,26,31)/t19-,21-/m1/s1. The van der Waals surface area contributed by atoms with Crippen molar-refractivity contribution in [2.75, 3.05) is 32.1 Å². The fourth-order valence-corrected chi connectivity index (χ4v) is 4.62. The Bertz CT molecular complexity index is 990. The topological polar surface area (TPSA) is 102 Å². The lowest BCUT2D eigenvalue weighted by Gasteiger charge is -2.40. The van der Waals surface area contributed by atoms with E-state index in [0.29, 0.717) is 42.4 Å². The van der Waals surface area contributed by atoms with Crippen molar-refractivity contribution in [3.05, 3.63) is 59.1 Å². The molecule has 176 valence electrons. The molecule has 0 saturated carbocycles. The fourth-order valence-electron chi connectivity index (χ4n) is 4.50. The lowest BCUT2D eigenvalue weighted by molar-refractivity contribution is -0.139. The van der Waals surface area contributed by atoms with Gasteiger partial charge in [0.15, 0.2) is 0 Å². The predicted octanol–water partition coefficient (Wildman–Crippen LogP) is 2.83. The summed E-state index contributed by atoms with van der Waals surface area (Å²) in [6.45, 7) is 0.806. The van der Waals surface area contributed by atoms with Gasteiger partial charge in [0.2, 0.25) is 5.91 Å². The van der Waals surface area contributed by atoms with Crippen LogP contribution in [0.3, 0.4) is 0 Å². The molecule has 2 saturated heterocycles. The molecule has 3 N–H and O–H groups in total. The normalized spacial score (nSPS) is 22.2. The van der Waals surface area contributed by atoms with Crippen molar-refractivity contribution in [2.45, 2.75) is 37.0 Å². The number of urea groups is 1. The minimum absolute atomic E-state index is 0.0828. The van der Waals surface area contributed by atoms with Crippen LogP contribution in [0.5, 0.6) is 5.75 Å². The monoisotopic (exact) mass is 473 g/mol. The van der Waals surface area contributed by atoms with Crippen LogP contribution in [0.25, 0.3) is 0 Å². The summed E-state index contributed by atoms with van der Waals surface area (Å²) in [5.41, 5.74) is 0.319. The molecule has 0 aromatic heterocycles. The molecule has 2 heterocycles. The van der Waals surface area contributed by atoms with Crippen LogP contribution in [0, 0.1) is 0 Å². The molecule has 2 aromatic carbocycles. The van der Waals surface area contributed by atoms with Crippen LogP contribution in [0.1, 0.15) is 24.8 Å². The zero-order valence-electron chi connectivity index (χ0n) is 18.4. The largest absolute Gasteiger partial charge is 0.497 e. The molecule has 3 amide bonds. The highest BCUT2D eigenvalue weighted by Crippen LogP contribution is 2.34. The molecule has 0 radical (unpaired) electrons. The molecule has 2 fully saturated rings. The minimum Gasteiger partial charge on any atom is -0.497 e. The van der Waals surface area contributed by atoms with E-state index in [4.69, 9.17) is 16.3 Å². The Balaban J connectivity index is 1.40. The molecule has 0 bridgehead atoms. The second-order valence-electron chi connectivity index (χ2n) is 8.58. The molecule has 8 nitrogen and oxygen atoms in total. The highest BCUT2D eigenvalue weighted by Gasteiger charge is 2.43. The molecular formula is C24H28ClN3O5. The Kier molecular flexibility index (Phi) is 6.78. The summed E-state index contributed by atoms with van der Waals surface area (Å²) in [5, 5.41) is 24.6. The summed E-state index contributed by atoms with van der Waals surface area (Å²) in [7, 11) is 1.59. The smallest absolute Gasteiger partial charge is 0.322 e. The summed E-state index contributed by atoms with van der Waals surface area (Å²) in [6, 6.07) is 12.8. The zero-order valence-corrected chi connectivity index (χ0v) is 19.2. The van der Waals surface area contributed by atoms with Gasteiger partial charge in [-0.3, -0.25) is 4.79 Å². The number of carbonyl (C=O) groups is 2. The number of likely N-dealkylation sites (tertiary alicyclic amines) is 2. The Morgan fingerprint density at radius 2 is 1.73 bits per heavy atom. The van der Waals surface area contributed by atoms with E-state index in [0.717, 1.165) is 5.56 Å². The number of piperidine rings is 1. The van der Waals surface area contributed by atoms with Gasteiger partial charge < -0.3 is 30.1 Å². The first-order chi connectivity index (χ1) is 15.8. The van der Waals surface area contributed by atoms with Gasteiger partial charge in [-0.25, -0.2) is 4.79 Å². The SMILES string of the molecule is COc1ccc(C2(O)CCN(C(=O)[C@H]3C[C@@H](O)CN3C(=O)Nc3ccc(Cl)cc3)CC2)cc1. The van der Waals surface area contributed by atoms with Crippen molar-refractivity contribution in [3.8, 4) is 5.75 Å². The number of benzene rings is 2. The van der Waals surface area contributed by atoms with E-state index >= 15 is 0 Å². The Morgan fingerprint density at radius 1 is 1.09 bits per heavy atom. The van der Waals surface area contributed by atoms with Gasteiger partial charge >= 0.3 is 6.03 Å². The third kappa shape index (κ3) is 5.08. The van der Waals surface area contributed by atoms with E-state index < -0.39 is 23.8 Å². The quantitative estimate of drug-likeness (QED) is 0.633. The second-order valence-corrected chi connectivity index (χ2v) is 9.02. The Hall–Kier alpha value is -2.81. The third-order valence-electron chi connectivity index (χ3n) is 6.45. The molecule has 9 heteroatoms. The van der Waals surface area contributed by atoms with Gasteiger partial charge in [0.1, 0.15) is 11.8 Å². The maximum atomic E-state index is 13.3. The van der Waals surface area contributed by atoms with E-state index in [1.807, 2.05) is 24.3 Å². The average molecular weight is 474 g/mol. The van der Waals surface area contributed by atoms with Crippen LogP contribution >= 0.6 is 11.6 Å². The van der Waals surface area contributed by atoms with Gasteiger partial charge in [-0.15, -0.1) is 0 Å². The summed E-state index contributed by atoms with van der Waals surface area (Å²) in [4.78, 5) is 29.2. The molecular weight excluding hydrogens is 446 g/mol. The van der Waals surface area contributed by atoms with Gasteiger partial charge in [0, 0.05) is 36.8 Å². The summed E-state index contributed by atoms with van der Waals surface area (Å²) < 4.78 is 5.18. The Labute approximate surface area is 197 Å². The molecule has 2 aliphatic heterocycles. The maximum Gasteiger partial charge on any atom is 0.322 e. The van der Waals surface area contributed by atoms with Crippen molar-refractivity contribution >= 4 is 29.2 Å². The van der Waals surface area contributed by atoms with E-state index in [-0.39, 0.29) is 18.9 Å². The van der Waals surface area contributed by atoms with Crippen LogP contribution in [-0.2, 0) is 10.4 Å². The molecule has 0 aliphatic carbocycles. The first kappa shape index (κ1) is 23.4. The number of hydrogen-bond donors (Lipinski definition) is 3. The molecule has 4 rings (SSSR count). The summed E-state index contributed by atoms with van der Waals surface area (Å²) in [5.74, 6) is 0.501. The highest BCUT2D eigenvalue weighted by atomic mass is 35.5. The number of aliphatic hydroxyl groups is 2. The van der Waals surface area contributed by atoms with Crippen LogP contribution in [0.15, 0.2) is 48.5 Å². The number of rotatable bonds is 4. The highest BCUT2D eigenvalue weighted by molar-refractivity contribution is 6.30. The minimum atomic E-state index is -1.02. The molecule has 0 spiro atoms. The maximum absolute atomic E-state index is 13.3. The van der Waals surface area contributed by atoms with Crippen molar-refractivity contribution in [1.29, 1.82) is 0 Å².